The van der Waals surface area contributed by atoms with Gasteiger partial charge in [0.15, 0.2) is 0 Å². The third kappa shape index (κ3) is 2.53. The Balaban J connectivity index is 1.78. The highest BCUT2D eigenvalue weighted by Crippen LogP contribution is 2.24. The van der Waals surface area contributed by atoms with Crippen molar-refractivity contribution in [2.75, 3.05) is 13.2 Å². The molecule has 104 valence electrons. The van der Waals surface area contributed by atoms with Gasteiger partial charge in [-0.05, 0) is 12.1 Å². The highest BCUT2D eigenvalue weighted by atomic mass is 16.5. The third-order valence-electron chi connectivity index (χ3n) is 3.37. The highest BCUT2D eigenvalue weighted by Gasteiger charge is 2.19. The maximum Gasteiger partial charge on any atom is 0.372 e. The van der Waals surface area contributed by atoms with Crippen LogP contribution in [0.3, 0.4) is 0 Å². The van der Waals surface area contributed by atoms with Gasteiger partial charge in [-0.15, -0.1) is 0 Å². The summed E-state index contributed by atoms with van der Waals surface area (Å²) in [5.41, 5.74) is 1.81. The first-order valence-electron chi connectivity index (χ1n) is 6.47. The summed E-state index contributed by atoms with van der Waals surface area (Å²) in [7, 11) is 0. The molecule has 0 saturated carbocycles. The summed E-state index contributed by atoms with van der Waals surface area (Å²) in [6.45, 7) is 2.62. The maximum absolute atomic E-state index is 11.1. The molecule has 5 nitrogen and oxygen atoms in total. The zero-order valence-corrected chi connectivity index (χ0v) is 10.9. The van der Waals surface area contributed by atoms with Crippen molar-refractivity contribution in [3.8, 4) is 5.75 Å². The average Bonchev–Trinajstić information content (AvgIpc) is 2.79. The number of nitrogens with zero attached hydrogens (tertiary/aromatic N) is 1. The van der Waals surface area contributed by atoms with Crippen molar-refractivity contribution < 1.29 is 19.1 Å². The van der Waals surface area contributed by atoms with Crippen LogP contribution >= 0.6 is 0 Å². The first-order chi connectivity index (χ1) is 9.74. The summed E-state index contributed by atoms with van der Waals surface area (Å²) in [6.07, 6.45) is 1.42. The fourth-order valence-corrected chi connectivity index (χ4v) is 2.40. The van der Waals surface area contributed by atoms with Crippen molar-refractivity contribution in [3.63, 3.8) is 0 Å². The first-order valence-corrected chi connectivity index (χ1v) is 6.47. The number of fused-ring (bicyclic) bond motifs is 1. The summed E-state index contributed by atoms with van der Waals surface area (Å²) in [5, 5.41) is 9.06. The number of benzene rings is 1. The van der Waals surface area contributed by atoms with Gasteiger partial charge in [0.2, 0.25) is 5.76 Å². The summed E-state index contributed by atoms with van der Waals surface area (Å²) in [6, 6.07) is 9.63. The molecular weight excluding hydrogens is 258 g/mol. The van der Waals surface area contributed by atoms with Crippen LogP contribution < -0.4 is 4.74 Å². The minimum absolute atomic E-state index is 0.0171. The number of para-hydroxylation sites is 1. The normalized spacial score (nSPS) is 15.2. The Morgan fingerprint density at radius 1 is 1.30 bits per heavy atom. The average molecular weight is 273 g/mol. The van der Waals surface area contributed by atoms with Crippen molar-refractivity contribution in [1.29, 1.82) is 0 Å². The van der Waals surface area contributed by atoms with Gasteiger partial charge < -0.3 is 14.3 Å². The van der Waals surface area contributed by atoms with Crippen molar-refractivity contribution in [2.45, 2.75) is 13.1 Å². The summed E-state index contributed by atoms with van der Waals surface area (Å²) in [5.74, 6) is -0.111. The van der Waals surface area contributed by atoms with E-state index < -0.39 is 5.97 Å². The van der Waals surface area contributed by atoms with Crippen molar-refractivity contribution in [3.05, 3.63) is 53.5 Å². The lowest BCUT2D eigenvalue weighted by atomic mass is 10.1. The number of carboxylic acid groups (broad SMARTS) is 1. The van der Waals surface area contributed by atoms with Crippen molar-refractivity contribution >= 4 is 5.97 Å². The number of rotatable bonds is 3. The van der Waals surface area contributed by atoms with E-state index in [-0.39, 0.29) is 5.76 Å². The molecule has 0 aliphatic carbocycles. The van der Waals surface area contributed by atoms with Crippen LogP contribution in [0.15, 0.2) is 41.0 Å². The van der Waals surface area contributed by atoms with Crippen molar-refractivity contribution in [2.24, 2.45) is 0 Å². The fourth-order valence-electron chi connectivity index (χ4n) is 2.40. The van der Waals surface area contributed by atoms with Crippen LogP contribution in [0, 0.1) is 0 Å². The van der Waals surface area contributed by atoms with Gasteiger partial charge in [0.05, 0.1) is 6.26 Å². The van der Waals surface area contributed by atoms with Gasteiger partial charge in [0.25, 0.3) is 0 Å². The number of aromatic carboxylic acids is 1. The Morgan fingerprint density at radius 3 is 3.00 bits per heavy atom. The maximum atomic E-state index is 11.1. The summed E-state index contributed by atoms with van der Waals surface area (Å²) < 4.78 is 10.7. The second-order valence-corrected chi connectivity index (χ2v) is 4.75. The summed E-state index contributed by atoms with van der Waals surface area (Å²) in [4.78, 5) is 13.2. The molecule has 0 amide bonds. The molecule has 0 unspecified atom stereocenters. The van der Waals surface area contributed by atoms with Gasteiger partial charge in [0.1, 0.15) is 12.4 Å². The van der Waals surface area contributed by atoms with E-state index in [0.717, 1.165) is 24.4 Å². The lowest BCUT2D eigenvalue weighted by molar-refractivity contribution is 0.0659. The number of carboxylic acids is 1. The molecule has 0 fully saturated rings. The van der Waals surface area contributed by atoms with E-state index in [9.17, 15) is 4.79 Å². The van der Waals surface area contributed by atoms with Gasteiger partial charge in [-0.1, -0.05) is 18.2 Å². The molecule has 1 aromatic carbocycles. The lowest BCUT2D eigenvalue weighted by Gasteiger charge is -2.18. The van der Waals surface area contributed by atoms with E-state index in [1.54, 1.807) is 6.07 Å². The van der Waals surface area contributed by atoms with Gasteiger partial charge >= 0.3 is 5.97 Å². The van der Waals surface area contributed by atoms with E-state index in [1.807, 2.05) is 24.3 Å². The lowest BCUT2D eigenvalue weighted by Crippen LogP contribution is -2.25. The molecular formula is C15H15NO4. The van der Waals surface area contributed by atoms with Crippen LogP contribution in [0.2, 0.25) is 0 Å². The van der Waals surface area contributed by atoms with Crippen molar-refractivity contribution in [1.82, 2.24) is 4.90 Å². The molecule has 2 aromatic rings. The highest BCUT2D eigenvalue weighted by molar-refractivity contribution is 5.86. The Kier molecular flexibility index (Phi) is 3.43. The molecule has 0 atom stereocenters. The molecule has 1 N–H and O–H groups in total. The van der Waals surface area contributed by atoms with Crippen LogP contribution in [0.25, 0.3) is 0 Å². The van der Waals surface area contributed by atoms with Crippen LogP contribution in [0.4, 0.5) is 0 Å². The van der Waals surface area contributed by atoms with Crippen LogP contribution in [-0.2, 0) is 13.1 Å². The molecule has 1 aliphatic rings. The Labute approximate surface area is 116 Å². The van der Waals surface area contributed by atoms with Gasteiger partial charge in [0, 0.05) is 30.8 Å². The quantitative estimate of drug-likeness (QED) is 0.930. The zero-order chi connectivity index (χ0) is 13.9. The van der Waals surface area contributed by atoms with Crippen LogP contribution in [-0.4, -0.2) is 29.1 Å². The van der Waals surface area contributed by atoms with E-state index in [4.69, 9.17) is 14.3 Å². The van der Waals surface area contributed by atoms with E-state index in [2.05, 4.69) is 4.90 Å². The smallest absolute Gasteiger partial charge is 0.372 e. The zero-order valence-electron chi connectivity index (χ0n) is 10.9. The molecule has 3 rings (SSSR count). The molecule has 0 bridgehead atoms. The third-order valence-corrected chi connectivity index (χ3v) is 3.37. The molecule has 1 aromatic heterocycles. The number of carbonyl (C=O) groups is 1. The molecule has 2 heterocycles. The van der Waals surface area contributed by atoms with Crippen LogP contribution in [0.1, 0.15) is 21.7 Å². The molecule has 20 heavy (non-hydrogen) atoms. The Morgan fingerprint density at radius 2 is 2.15 bits per heavy atom. The Hall–Kier alpha value is -2.27. The number of furan rings is 1. The fraction of sp³-hybridized carbons (Fsp3) is 0.267. The van der Waals surface area contributed by atoms with Crippen LogP contribution in [0.5, 0.6) is 5.75 Å². The van der Waals surface area contributed by atoms with Gasteiger partial charge in [-0.3, -0.25) is 4.90 Å². The van der Waals surface area contributed by atoms with E-state index >= 15 is 0 Å². The SMILES string of the molecule is O=C(O)c1occc1CN1CCOc2ccccc2C1. The van der Waals surface area contributed by atoms with Gasteiger partial charge in [-0.25, -0.2) is 4.79 Å². The number of hydrogen-bond donors (Lipinski definition) is 1. The minimum atomic E-state index is -1.03. The van der Waals surface area contributed by atoms with E-state index in [0.29, 0.717) is 18.7 Å². The second kappa shape index (κ2) is 5.38. The second-order valence-electron chi connectivity index (χ2n) is 4.75. The summed E-state index contributed by atoms with van der Waals surface area (Å²) >= 11 is 0. The predicted octanol–water partition coefficient (Wildman–Crippen LogP) is 2.37. The monoisotopic (exact) mass is 273 g/mol. The van der Waals surface area contributed by atoms with Gasteiger partial charge in [-0.2, -0.15) is 0 Å². The van der Waals surface area contributed by atoms with E-state index in [1.165, 1.54) is 6.26 Å². The molecule has 0 spiro atoms. The molecule has 0 radical (unpaired) electrons. The standard InChI is InChI=1S/C15H15NO4/c17-15(18)14-12(5-7-20-14)10-16-6-8-19-13-4-2-1-3-11(13)9-16/h1-5,7H,6,8-10H2,(H,17,18). The number of hydrogen-bond acceptors (Lipinski definition) is 4. The largest absolute Gasteiger partial charge is 0.492 e. The first kappa shape index (κ1) is 12.7. The molecule has 1 aliphatic heterocycles. The number of ether oxygens (including phenoxy) is 1. The minimum Gasteiger partial charge on any atom is -0.492 e. The predicted molar refractivity (Wildman–Crippen MR) is 71.7 cm³/mol. The topological polar surface area (TPSA) is 62.9 Å². The molecule has 0 saturated heterocycles. The Bertz CT molecular complexity index is 620. The molecule has 5 heteroatoms.